The van der Waals surface area contributed by atoms with Gasteiger partial charge in [-0.2, -0.15) is 0 Å². The fraction of sp³-hybridized carbons (Fsp3) is 0.556. The highest BCUT2D eigenvalue weighted by Gasteiger charge is 2.39. The maximum atomic E-state index is 13.1. The number of aliphatic carboxylic acids is 1. The number of hydrogen-bond donors (Lipinski definition) is 1. The van der Waals surface area contributed by atoms with E-state index in [2.05, 4.69) is 0 Å². The Balaban J connectivity index is 1.82. The van der Waals surface area contributed by atoms with E-state index < -0.39 is 28.0 Å². The summed E-state index contributed by atoms with van der Waals surface area (Å²) in [5.41, 5.74) is 1.90. The van der Waals surface area contributed by atoms with E-state index in [-0.39, 0.29) is 31.2 Å². The minimum atomic E-state index is -3.35. The molecule has 1 aromatic carbocycles. The van der Waals surface area contributed by atoms with Crippen molar-refractivity contribution in [2.24, 2.45) is 5.92 Å². The monoisotopic (exact) mass is 380 g/mol. The maximum absolute atomic E-state index is 13.1. The molecule has 1 fully saturated rings. The van der Waals surface area contributed by atoms with Crippen LogP contribution in [0.4, 0.5) is 0 Å². The number of sulfonamides is 1. The molecule has 1 amide bonds. The van der Waals surface area contributed by atoms with Gasteiger partial charge in [-0.1, -0.05) is 24.3 Å². The molecule has 2 unspecified atom stereocenters. The van der Waals surface area contributed by atoms with Crippen LogP contribution in [-0.4, -0.2) is 59.5 Å². The zero-order valence-electron chi connectivity index (χ0n) is 14.8. The summed E-state index contributed by atoms with van der Waals surface area (Å²) in [5, 5.41) is 9.60. The van der Waals surface area contributed by atoms with E-state index in [1.165, 1.54) is 9.21 Å². The van der Waals surface area contributed by atoms with E-state index in [1.54, 1.807) is 6.92 Å². The Bertz CT molecular complexity index is 808. The first kappa shape index (κ1) is 18.8. The van der Waals surface area contributed by atoms with Crippen LogP contribution in [0.1, 0.15) is 30.9 Å². The van der Waals surface area contributed by atoms with Gasteiger partial charge < -0.3 is 10.0 Å². The van der Waals surface area contributed by atoms with Crippen LogP contribution in [0.2, 0.25) is 0 Å². The number of piperidine rings is 1. The Morgan fingerprint density at radius 1 is 1.23 bits per heavy atom. The second-order valence-corrected chi connectivity index (χ2v) is 9.15. The third-order valence-corrected chi connectivity index (χ3v) is 7.16. The molecule has 7 nitrogen and oxygen atoms in total. The molecular weight excluding hydrogens is 356 g/mol. The van der Waals surface area contributed by atoms with E-state index in [1.807, 2.05) is 24.3 Å². The molecule has 142 valence electrons. The molecule has 2 atom stereocenters. The minimum absolute atomic E-state index is 0.00273. The van der Waals surface area contributed by atoms with Gasteiger partial charge in [-0.15, -0.1) is 0 Å². The van der Waals surface area contributed by atoms with Crippen molar-refractivity contribution in [1.82, 2.24) is 9.21 Å². The predicted octanol–water partition coefficient (Wildman–Crippen LogP) is 1.09. The number of fused-ring (bicyclic) bond motifs is 1. The average molecular weight is 380 g/mol. The molecule has 1 saturated heterocycles. The van der Waals surface area contributed by atoms with Gasteiger partial charge in [0.05, 0.1) is 11.7 Å². The first-order valence-corrected chi connectivity index (χ1v) is 10.5. The van der Waals surface area contributed by atoms with Crippen LogP contribution in [0, 0.1) is 5.92 Å². The molecular formula is C18H24N2O5S. The Morgan fingerprint density at radius 3 is 2.58 bits per heavy atom. The first-order chi connectivity index (χ1) is 12.3. The molecule has 2 aliphatic heterocycles. The number of carboxylic acid groups (broad SMARTS) is 1. The van der Waals surface area contributed by atoms with Crippen LogP contribution >= 0.6 is 0 Å². The Labute approximate surface area is 153 Å². The van der Waals surface area contributed by atoms with Crippen LogP contribution in [-0.2, 0) is 32.6 Å². The third-order valence-electron chi connectivity index (χ3n) is 5.31. The number of hydrogen-bond acceptors (Lipinski definition) is 4. The molecule has 1 N–H and O–H groups in total. The van der Waals surface area contributed by atoms with E-state index in [0.717, 1.165) is 11.1 Å². The normalized spacial score (nSPS) is 24.1. The number of benzene rings is 1. The molecule has 0 aromatic heterocycles. The summed E-state index contributed by atoms with van der Waals surface area (Å²) in [4.78, 5) is 26.2. The molecule has 3 rings (SSSR count). The highest BCUT2D eigenvalue weighted by molar-refractivity contribution is 7.89. The maximum Gasteiger partial charge on any atom is 0.326 e. The number of carbonyl (C=O) groups is 2. The van der Waals surface area contributed by atoms with Gasteiger partial charge in [-0.25, -0.2) is 17.5 Å². The molecule has 26 heavy (non-hydrogen) atoms. The summed E-state index contributed by atoms with van der Waals surface area (Å²) >= 11 is 0. The van der Waals surface area contributed by atoms with Gasteiger partial charge in [0.15, 0.2) is 0 Å². The van der Waals surface area contributed by atoms with E-state index in [4.69, 9.17) is 0 Å². The van der Waals surface area contributed by atoms with E-state index in [0.29, 0.717) is 19.4 Å². The number of rotatable bonds is 4. The fourth-order valence-electron chi connectivity index (χ4n) is 3.79. The van der Waals surface area contributed by atoms with Gasteiger partial charge in [-0.3, -0.25) is 4.79 Å². The predicted molar refractivity (Wildman–Crippen MR) is 95.9 cm³/mol. The molecule has 0 radical (unpaired) electrons. The van der Waals surface area contributed by atoms with Crippen LogP contribution in [0.25, 0.3) is 0 Å². The second kappa shape index (κ2) is 7.36. The smallest absolute Gasteiger partial charge is 0.326 e. The third kappa shape index (κ3) is 3.61. The van der Waals surface area contributed by atoms with Crippen molar-refractivity contribution in [3.63, 3.8) is 0 Å². The Hall–Kier alpha value is -1.93. The lowest BCUT2D eigenvalue weighted by Gasteiger charge is -2.39. The topological polar surface area (TPSA) is 95.0 Å². The molecule has 2 heterocycles. The molecule has 2 aliphatic rings. The highest BCUT2D eigenvalue weighted by atomic mass is 32.2. The number of carboxylic acids is 1. The average Bonchev–Trinajstić information content (AvgIpc) is 2.66. The number of amides is 1. The van der Waals surface area contributed by atoms with Crippen molar-refractivity contribution in [3.05, 3.63) is 35.4 Å². The zero-order chi connectivity index (χ0) is 18.9. The molecule has 0 spiro atoms. The quantitative estimate of drug-likeness (QED) is 0.844. The van der Waals surface area contributed by atoms with Gasteiger partial charge in [0, 0.05) is 26.1 Å². The van der Waals surface area contributed by atoms with Crippen LogP contribution in [0.3, 0.4) is 0 Å². The van der Waals surface area contributed by atoms with Crippen molar-refractivity contribution in [3.8, 4) is 0 Å². The lowest BCUT2D eigenvalue weighted by molar-refractivity contribution is -0.153. The van der Waals surface area contributed by atoms with Gasteiger partial charge in [0.25, 0.3) is 0 Å². The Morgan fingerprint density at radius 2 is 1.92 bits per heavy atom. The number of carbonyl (C=O) groups excluding carboxylic acids is 1. The first-order valence-electron chi connectivity index (χ1n) is 8.91. The van der Waals surface area contributed by atoms with Crippen LogP contribution in [0.15, 0.2) is 24.3 Å². The van der Waals surface area contributed by atoms with Crippen molar-refractivity contribution in [2.75, 3.05) is 18.8 Å². The van der Waals surface area contributed by atoms with Crippen molar-refractivity contribution < 1.29 is 23.1 Å². The summed E-state index contributed by atoms with van der Waals surface area (Å²) < 4.78 is 25.7. The van der Waals surface area contributed by atoms with Crippen molar-refractivity contribution >= 4 is 21.9 Å². The summed E-state index contributed by atoms with van der Waals surface area (Å²) in [6.07, 6.45) is 1.47. The fourth-order valence-corrected chi connectivity index (χ4v) is 4.97. The van der Waals surface area contributed by atoms with Gasteiger partial charge in [-0.05, 0) is 30.9 Å². The molecule has 0 bridgehead atoms. The second-order valence-electron chi connectivity index (χ2n) is 6.89. The summed E-state index contributed by atoms with van der Waals surface area (Å²) in [5.74, 6) is -1.77. The number of nitrogens with zero attached hydrogens (tertiary/aromatic N) is 2. The molecule has 8 heteroatoms. The summed E-state index contributed by atoms with van der Waals surface area (Å²) in [6.45, 7) is 2.40. The van der Waals surface area contributed by atoms with Gasteiger partial charge in [0.2, 0.25) is 15.9 Å². The van der Waals surface area contributed by atoms with Gasteiger partial charge in [0.1, 0.15) is 6.04 Å². The largest absolute Gasteiger partial charge is 0.480 e. The minimum Gasteiger partial charge on any atom is -0.480 e. The standard InChI is InChI=1S/C18H24N2O5S/c1-2-26(24,25)19-9-5-8-15(11-19)17(21)20-12-14-7-4-3-6-13(14)10-16(20)18(22)23/h3-4,6-7,15-16H,2,5,8-12H2,1H3,(H,22,23). The van der Waals surface area contributed by atoms with E-state index >= 15 is 0 Å². The van der Waals surface area contributed by atoms with Crippen LogP contribution < -0.4 is 0 Å². The van der Waals surface area contributed by atoms with Gasteiger partial charge >= 0.3 is 5.97 Å². The van der Waals surface area contributed by atoms with Crippen molar-refractivity contribution in [2.45, 2.75) is 38.8 Å². The van der Waals surface area contributed by atoms with Crippen LogP contribution in [0.5, 0.6) is 0 Å². The molecule has 0 saturated carbocycles. The molecule has 0 aliphatic carbocycles. The lowest BCUT2D eigenvalue weighted by Crippen LogP contribution is -2.53. The van der Waals surface area contributed by atoms with E-state index in [9.17, 15) is 23.1 Å². The lowest BCUT2D eigenvalue weighted by atomic mass is 9.91. The van der Waals surface area contributed by atoms with Crippen molar-refractivity contribution in [1.29, 1.82) is 0 Å². The summed E-state index contributed by atoms with van der Waals surface area (Å²) in [7, 11) is -3.35. The molecule has 1 aromatic rings. The SMILES string of the molecule is CCS(=O)(=O)N1CCCC(C(=O)N2Cc3ccccc3CC2C(=O)O)C1. The Kier molecular flexibility index (Phi) is 5.34. The highest BCUT2D eigenvalue weighted by Crippen LogP contribution is 2.28. The zero-order valence-corrected chi connectivity index (χ0v) is 15.6. The summed E-state index contributed by atoms with van der Waals surface area (Å²) in [6, 6.07) is 6.63.